The predicted octanol–water partition coefficient (Wildman–Crippen LogP) is 0.877. The summed E-state index contributed by atoms with van der Waals surface area (Å²) in [6, 6.07) is 10.9. The van der Waals surface area contributed by atoms with Crippen molar-refractivity contribution in [1.29, 1.82) is 5.26 Å². The molecule has 0 aliphatic rings. The van der Waals surface area contributed by atoms with Crippen LogP contribution in [-0.2, 0) is 0 Å². The summed E-state index contributed by atoms with van der Waals surface area (Å²) < 4.78 is 1.65. The van der Waals surface area contributed by atoms with Crippen LogP contribution in [0.2, 0.25) is 5.02 Å². The van der Waals surface area contributed by atoms with Crippen LogP contribution < -0.4 is 10.2 Å². The van der Waals surface area contributed by atoms with Crippen LogP contribution in [0.3, 0.4) is 0 Å². The van der Waals surface area contributed by atoms with E-state index in [9.17, 15) is 10.1 Å². The summed E-state index contributed by atoms with van der Waals surface area (Å²) in [4.78, 5) is 13.7. The number of nitrogens with zero attached hydrogens (tertiary/aromatic N) is 2. The third-order valence-corrected chi connectivity index (χ3v) is 3.56. The summed E-state index contributed by atoms with van der Waals surface area (Å²) in [5, 5.41) is 12.6. The van der Waals surface area contributed by atoms with Gasteiger partial charge in [0.05, 0.1) is 43.5 Å². The van der Waals surface area contributed by atoms with Crippen molar-refractivity contribution >= 4 is 17.5 Å². The smallest absolute Gasteiger partial charge is 0.269 e. The monoisotopic (exact) mass is 317 g/mol. The third-order valence-electron chi connectivity index (χ3n) is 3.24. The highest BCUT2D eigenvalue weighted by atomic mass is 35.5. The van der Waals surface area contributed by atoms with E-state index in [1.807, 2.05) is 32.3 Å². The summed E-state index contributed by atoms with van der Waals surface area (Å²) in [7, 11) is 4.03. The Morgan fingerprint density at radius 3 is 2.73 bits per heavy atom. The van der Waals surface area contributed by atoms with E-state index < -0.39 is 0 Å². The molecule has 0 saturated heterocycles. The Kier molecular flexibility index (Phi) is 5.21. The number of carbonyl (C=O) groups is 1. The van der Waals surface area contributed by atoms with E-state index in [0.29, 0.717) is 28.5 Å². The molecule has 0 spiro atoms. The minimum Gasteiger partial charge on any atom is -0.345 e. The lowest BCUT2D eigenvalue weighted by Crippen LogP contribution is -3.06. The molecule has 0 atom stereocenters. The van der Waals surface area contributed by atoms with Crippen molar-refractivity contribution < 1.29 is 9.69 Å². The number of nitrogens with one attached hydrogen (secondary N) is 2. The van der Waals surface area contributed by atoms with Gasteiger partial charge in [0, 0.05) is 6.20 Å². The van der Waals surface area contributed by atoms with Gasteiger partial charge in [0.2, 0.25) is 0 Å². The van der Waals surface area contributed by atoms with Gasteiger partial charge < -0.3 is 14.8 Å². The molecule has 22 heavy (non-hydrogen) atoms. The molecule has 1 aromatic carbocycles. The lowest BCUT2D eigenvalue weighted by atomic mass is 10.2. The first-order chi connectivity index (χ1) is 10.5. The average Bonchev–Trinajstić information content (AvgIpc) is 2.91. The molecule has 6 heteroatoms. The van der Waals surface area contributed by atoms with E-state index in [-0.39, 0.29) is 5.91 Å². The predicted molar refractivity (Wildman–Crippen MR) is 85.5 cm³/mol. The van der Waals surface area contributed by atoms with Crippen molar-refractivity contribution in [2.45, 2.75) is 0 Å². The zero-order chi connectivity index (χ0) is 16.1. The van der Waals surface area contributed by atoms with E-state index in [2.05, 4.69) is 11.4 Å². The molecule has 2 rings (SSSR count). The van der Waals surface area contributed by atoms with Gasteiger partial charge in [-0.3, -0.25) is 4.79 Å². The summed E-state index contributed by atoms with van der Waals surface area (Å²) in [5.74, 6) is -0.275. The Labute approximate surface area is 134 Å². The number of amides is 1. The van der Waals surface area contributed by atoms with Gasteiger partial charge in [-0.25, -0.2) is 0 Å². The fourth-order valence-corrected chi connectivity index (χ4v) is 2.34. The van der Waals surface area contributed by atoms with Crippen molar-refractivity contribution in [2.24, 2.45) is 0 Å². The molecule has 2 aromatic rings. The molecular formula is C16H18ClN4O+. The summed E-state index contributed by atoms with van der Waals surface area (Å²) >= 11 is 6.20. The lowest BCUT2D eigenvalue weighted by molar-refractivity contribution is -0.856. The molecule has 1 heterocycles. The number of likely N-dealkylation sites (N-methyl/N-ethyl adjacent to an activating group) is 1. The molecule has 0 saturated carbocycles. The Morgan fingerprint density at radius 1 is 1.36 bits per heavy atom. The number of quaternary nitrogens is 1. The number of nitriles is 1. The molecule has 5 nitrogen and oxygen atoms in total. The van der Waals surface area contributed by atoms with E-state index in [1.165, 1.54) is 4.90 Å². The van der Waals surface area contributed by atoms with Crippen molar-refractivity contribution in [3.63, 3.8) is 0 Å². The van der Waals surface area contributed by atoms with Crippen LogP contribution in [0.25, 0.3) is 5.69 Å². The maximum atomic E-state index is 12.4. The Bertz CT molecular complexity index is 715. The van der Waals surface area contributed by atoms with Crippen LogP contribution in [0.5, 0.6) is 0 Å². The van der Waals surface area contributed by atoms with Crippen molar-refractivity contribution in [3.8, 4) is 11.8 Å². The normalized spacial score (nSPS) is 10.5. The van der Waals surface area contributed by atoms with Crippen LogP contribution in [0.15, 0.2) is 36.5 Å². The van der Waals surface area contributed by atoms with Crippen molar-refractivity contribution in [3.05, 3.63) is 52.8 Å². The standard InChI is InChI=1S/C16H17ClN4O/c1-20(2)10-8-19-16(22)15-12(11-18)7-9-21(15)14-6-4-3-5-13(14)17/h3-7,9H,8,10H2,1-2H3,(H,19,22)/p+1. The third kappa shape index (κ3) is 3.48. The van der Waals surface area contributed by atoms with E-state index >= 15 is 0 Å². The quantitative estimate of drug-likeness (QED) is 0.860. The molecule has 1 aromatic heterocycles. The minimum absolute atomic E-state index is 0.275. The Morgan fingerprint density at radius 2 is 2.09 bits per heavy atom. The number of para-hydroxylation sites is 1. The van der Waals surface area contributed by atoms with Crippen LogP contribution in [0.4, 0.5) is 0 Å². The second kappa shape index (κ2) is 7.12. The van der Waals surface area contributed by atoms with Crippen molar-refractivity contribution in [2.75, 3.05) is 27.2 Å². The topological polar surface area (TPSA) is 62.3 Å². The SMILES string of the molecule is C[NH+](C)CCNC(=O)c1c(C#N)ccn1-c1ccccc1Cl. The molecule has 0 aliphatic heterocycles. The zero-order valence-corrected chi connectivity index (χ0v) is 13.3. The van der Waals surface area contributed by atoms with Gasteiger partial charge in [0.15, 0.2) is 0 Å². The number of halogens is 1. The van der Waals surface area contributed by atoms with Gasteiger partial charge >= 0.3 is 0 Å². The van der Waals surface area contributed by atoms with Gasteiger partial charge in [-0.05, 0) is 18.2 Å². The number of hydrogen-bond acceptors (Lipinski definition) is 2. The molecule has 0 bridgehead atoms. The first-order valence-corrected chi connectivity index (χ1v) is 7.36. The summed E-state index contributed by atoms with van der Waals surface area (Å²) in [5.41, 5.74) is 1.31. The molecular weight excluding hydrogens is 300 g/mol. The fourth-order valence-electron chi connectivity index (χ4n) is 2.11. The van der Waals surface area contributed by atoms with E-state index in [0.717, 1.165) is 6.54 Å². The van der Waals surface area contributed by atoms with Crippen LogP contribution >= 0.6 is 11.6 Å². The molecule has 114 valence electrons. The van der Waals surface area contributed by atoms with E-state index in [4.69, 9.17) is 11.6 Å². The largest absolute Gasteiger partial charge is 0.345 e. The lowest BCUT2D eigenvalue weighted by Gasteiger charge is -2.12. The van der Waals surface area contributed by atoms with Gasteiger partial charge in [0.1, 0.15) is 11.8 Å². The first-order valence-electron chi connectivity index (χ1n) is 6.98. The van der Waals surface area contributed by atoms with Gasteiger partial charge in [-0.1, -0.05) is 23.7 Å². The van der Waals surface area contributed by atoms with Crippen LogP contribution in [-0.4, -0.2) is 37.7 Å². The van der Waals surface area contributed by atoms with Gasteiger partial charge in [0.25, 0.3) is 5.91 Å². The van der Waals surface area contributed by atoms with Crippen LogP contribution in [0.1, 0.15) is 16.1 Å². The summed E-state index contributed by atoms with van der Waals surface area (Å²) in [6.07, 6.45) is 1.69. The average molecular weight is 318 g/mol. The second-order valence-electron chi connectivity index (χ2n) is 5.22. The minimum atomic E-state index is -0.275. The molecule has 0 fully saturated rings. The van der Waals surface area contributed by atoms with Crippen molar-refractivity contribution in [1.82, 2.24) is 9.88 Å². The maximum Gasteiger partial charge on any atom is 0.269 e. The number of carbonyl (C=O) groups excluding carboxylic acids is 1. The first kappa shape index (κ1) is 16.1. The Hall–Kier alpha value is -2.29. The van der Waals surface area contributed by atoms with Crippen LogP contribution in [0, 0.1) is 11.3 Å². The highest BCUT2D eigenvalue weighted by Gasteiger charge is 2.19. The summed E-state index contributed by atoms with van der Waals surface area (Å²) in [6.45, 7) is 1.35. The maximum absolute atomic E-state index is 12.4. The number of rotatable bonds is 5. The number of benzene rings is 1. The molecule has 0 unspecified atom stereocenters. The highest BCUT2D eigenvalue weighted by molar-refractivity contribution is 6.32. The fraction of sp³-hybridized carbons (Fsp3) is 0.250. The van der Waals surface area contributed by atoms with Gasteiger partial charge in [-0.15, -0.1) is 0 Å². The van der Waals surface area contributed by atoms with E-state index in [1.54, 1.807) is 22.9 Å². The number of hydrogen-bond donors (Lipinski definition) is 2. The number of aromatic nitrogens is 1. The molecule has 2 N–H and O–H groups in total. The molecule has 0 aliphatic carbocycles. The Balaban J connectivity index is 2.34. The highest BCUT2D eigenvalue weighted by Crippen LogP contribution is 2.23. The second-order valence-corrected chi connectivity index (χ2v) is 5.63. The zero-order valence-electron chi connectivity index (χ0n) is 12.6. The molecule has 0 radical (unpaired) electrons. The van der Waals surface area contributed by atoms with Gasteiger partial charge in [-0.2, -0.15) is 5.26 Å². The molecule has 1 amide bonds.